The minimum Gasteiger partial charge on any atom is -0.497 e. The van der Waals surface area contributed by atoms with Crippen molar-refractivity contribution in [2.75, 3.05) is 55.4 Å². The number of rotatable bonds is 10. The Hall–Kier alpha value is -3.22. The maximum Gasteiger partial charge on any atom is 0.303 e. The van der Waals surface area contributed by atoms with Gasteiger partial charge < -0.3 is 19.3 Å². The maximum atomic E-state index is 13.2. The summed E-state index contributed by atoms with van der Waals surface area (Å²) in [5.74, 6) is 0.397. The van der Waals surface area contributed by atoms with Crippen molar-refractivity contribution in [1.29, 1.82) is 0 Å². The number of nitrogens with one attached hydrogen (secondary N) is 1. The summed E-state index contributed by atoms with van der Waals surface area (Å²) in [5.41, 5.74) is 6.26. The lowest BCUT2D eigenvalue weighted by atomic mass is 9.81. The number of carbonyl (C=O) groups excluding carboxylic acids is 1. The monoisotopic (exact) mass is 623 g/mol. The van der Waals surface area contributed by atoms with Gasteiger partial charge in [0.1, 0.15) is 12.0 Å². The van der Waals surface area contributed by atoms with Crippen LogP contribution in [-0.4, -0.2) is 99.8 Å². The van der Waals surface area contributed by atoms with Crippen molar-refractivity contribution in [2.45, 2.75) is 50.8 Å². The van der Waals surface area contributed by atoms with Gasteiger partial charge in [-0.2, -0.15) is 12.7 Å². The van der Waals surface area contributed by atoms with Crippen LogP contribution in [0.15, 0.2) is 42.0 Å². The molecular formula is C33H45N5O5S. The van der Waals surface area contributed by atoms with Crippen molar-refractivity contribution >= 4 is 33.1 Å². The minimum atomic E-state index is -3.96. The highest BCUT2D eigenvalue weighted by Crippen LogP contribution is 2.47. The zero-order valence-electron chi connectivity index (χ0n) is 26.6. The Labute approximate surface area is 261 Å². The van der Waals surface area contributed by atoms with Gasteiger partial charge in [0.25, 0.3) is 5.91 Å². The molecule has 5 rings (SSSR count). The van der Waals surface area contributed by atoms with Crippen LogP contribution in [0, 0.1) is 0 Å². The number of carbonyl (C=O) groups is 1. The summed E-state index contributed by atoms with van der Waals surface area (Å²) in [4.78, 5) is 17.2. The molecule has 1 aliphatic heterocycles. The number of likely N-dealkylation sites (N-methyl/N-ethyl adjacent to an activating group) is 2. The fourth-order valence-corrected chi connectivity index (χ4v) is 6.93. The summed E-state index contributed by atoms with van der Waals surface area (Å²) >= 11 is 0. The topological polar surface area (TPSA) is 107 Å². The van der Waals surface area contributed by atoms with Crippen LogP contribution in [0.3, 0.4) is 0 Å². The molecule has 2 heterocycles. The molecule has 2 aliphatic rings. The Bertz CT molecular complexity index is 1670. The van der Waals surface area contributed by atoms with Crippen LogP contribution in [0.4, 0.5) is 0 Å². The van der Waals surface area contributed by atoms with Gasteiger partial charge in [0.15, 0.2) is 0 Å². The molecule has 0 saturated heterocycles. The lowest BCUT2D eigenvalue weighted by molar-refractivity contribution is 0.0464. The predicted octanol–water partition coefficient (Wildman–Crippen LogP) is 4.11. The number of aliphatic hydroxyl groups is 1. The van der Waals surface area contributed by atoms with Crippen molar-refractivity contribution in [1.82, 2.24) is 23.4 Å². The maximum absolute atomic E-state index is 13.2. The molecular weight excluding hydrogens is 578 g/mol. The van der Waals surface area contributed by atoms with Crippen LogP contribution in [0.2, 0.25) is 0 Å². The molecule has 1 fully saturated rings. The van der Waals surface area contributed by atoms with Crippen LogP contribution in [0.5, 0.6) is 5.75 Å². The predicted molar refractivity (Wildman–Crippen MR) is 175 cm³/mol. The largest absolute Gasteiger partial charge is 0.497 e. The molecule has 1 unspecified atom stereocenters. The van der Waals surface area contributed by atoms with Crippen molar-refractivity contribution in [3.05, 3.63) is 58.7 Å². The molecule has 1 amide bonds. The Morgan fingerprint density at radius 1 is 1.05 bits per heavy atom. The second kappa shape index (κ2) is 13.0. The van der Waals surface area contributed by atoms with Gasteiger partial charge in [-0.3, -0.25) is 9.69 Å². The van der Waals surface area contributed by atoms with Crippen LogP contribution < -0.4 is 9.46 Å². The second-order valence-corrected chi connectivity index (χ2v) is 14.3. The lowest BCUT2D eigenvalue weighted by Crippen LogP contribution is -2.39. The molecule has 2 N–H and O–H groups in total. The molecule has 1 aliphatic carbocycles. The highest BCUT2D eigenvalue weighted by atomic mass is 32.2. The van der Waals surface area contributed by atoms with E-state index in [0.717, 1.165) is 75.6 Å². The third kappa shape index (κ3) is 6.43. The van der Waals surface area contributed by atoms with Gasteiger partial charge in [-0.05, 0) is 93.0 Å². The average Bonchev–Trinajstić information content (AvgIpc) is 3.21. The summed E-state index contributed by atoms with van der Waals surface area (Å²) < 4.78 is 35.9. The van der Waals surface area contributed by atoms with Crippen molar-refractivity contribution in [3.8, 4) is 17.0 Å². The van der Waals surface area contributed by atoms with E-state index in [1.807, 2.05) is 44.2 Å². The minimum absolute atomic E-state index is 0.256. The van der Waals surface area contributed by atoms with E-state index in [2.05, 4.69) is 26.3 Å². The van der Waals surface area contributed by atoms with Gasteiger partial charge in [-0.1, -0.05) is 25.3 Å². The van der Waals surface area contributed by atoms with E-state index in [0.29, 0.717) is 19.0 Å². The van der Waals surface area contributed by atoms with E-state index in [-0.39, 0.29) is 5.56 Å². The fourth-order valence-electron chi connectivity index (χ4n) is 6.39. The number of methoxy groups -OCH3 is 1. The molecule has 44 heavy (non-hydrogen) atoms. The third-order valence-electron chi connectivity index (χ3n) is 8.93. The molecule has 238 valence electrons. The number of nitrogens with zero attached hydrogens (tertiary/aromatic N) is 4. The van der Waals surface area contributed by atoms with Gasteiger partial charge in [0, 0.05) is 55.8 Å². The summed E-state index contributed by atoms with van der Waals surface area (Å²) in [7, 11) is 6.39. The van der Waals surface area contributed by atoms with Gasteiger partial charge in [0.05, 0.1) is 12.8 Å². The average molecular weight is 624 g/mol. The van der Waals surface area contributed by atoms with E-state index >= 15 is 0 Å². The van der Waals surface area contributed by atoms with Crippen molar-refractivity contribution in [3.63, 3.8) is 0 Å². The number of amides is 1. The van der Waals surface area contributed by atoms with Crippen LogP contribution in [0.25, 0.3) is 28.2 Å². The molecule has 3 aromatic rings. The number of aromatic nitrogens is 1. The first-order chi connectivity index (χ1) is 20.9. The molecule has 0 bridgehead atoms. The number of aliphatic hydroxyl groups excluding tert-OH is 1. The fraction of sp³-hybridized carbons (Fsp3) is 0.485. The summed E-state index contributed by atoms with van der Waals surface area (Å²) in [6.07, 6.45) is 6.93. The van der Waals surface area contributed by atoms with E-state index in [4.69, 9.17) is 4.74 Å². The number of hydrogen-bond acceptors (Lipinski definition) is 7. The zero-order valence-corrected chi connectivity index (χ0v) is 27.4. The summed E-state index contributed by atoms with van der Waals surface area (Å²) in [6.45, 7) is 1.88. The molecule has 1 saturated carbocycles. The van der Waals surface area contributed by atoms with Crippen molar-refractivity contribution < 1.29 is 23.1 Å². The van der Waals surface area contributed by atoms with Gasteiger partial charge in [-0.25, -0.2) is 4.72 Å². The molecule has 2 aromatic carbocycles. The van der Waals surface area contributed by atoms with Crippen LogP contribution in [0.1, 0.15) is 59.5 Å². The lowest BCUT2D eigenvalue weighted by Gasteiger charge is -2.27. The first-order valence-corrected chi connectivity index (χ1v) is 16.7. The van der Waals surface area contributed by atoms with Crippen LogP contribution in [-0.2, 0) is 16.8 Å². The Morgan fingerprint density at radius 3 is 2.43 bits per heavy atom. The first kappa shape index (κ1) is 32.2. The second-order valence-electron chi connectivity index (χ2n) is 12.5. The van der Waals surface area contributed by atoms with Gasteiger partial charge in [-0.15, -0.1) is 0 Å². The number of hydrogen-bond donors (Lipinski definition) is 2. The number of benzene rings is 2. The van der Waals surface area contributed by atoms with E-state index in [1.54, 1.807) is 19.2 Å². The zero-order chi connectivity index (χ0) is 31.8. The smallest absolute Gasteiger partial charge is 0.303 e. The first-order valence-electron chi connectivity index (χ1n) is 15.2. The van der Waals surface area contributed by atoms with Gasteiger partial charge >= 0.3 is 10.2 Å². The van der Waals surface area contributed by atoms with Crippen LogP contribution >= 0.6 is 0 Å². The molecule has 10 nitrogen and oxygen atoms in total. The summed E-state index contributed by atoms with van der Waals surface area (Å²) in [6, 6.07) is 11.5. The molecule has 11 heteroatoms. The van der Waals surface area contributed by atoms with E-state index in [1.165, 1.54) is 26.1 Å². The molecule has 1 aromatic heterocycles. The SMILES string of the molecule is COc1ccc2c(c1)C=C(C(O)N(C)CCN(C)C)Cn1c-2c(C2CCCCC2)c2ccc(C(=O)NS(=O)(=O)N(C)C)cc21. The van der Waals surface area contributed by atoms with Crippen molar-refractivity contribution in [2.24, 2.45) is 0 Å². The Kier molecular flexibility index (Phi) is 9.52. The molecule has 1 atom stereocenters. The summed E-state index contributed by atoms with van der Waals surface area (Å²) in [5, 5.41) is 12.7. The number of fused-ring (bicyclic) bond motifs is 5. The highest BCUT2D eigenvalue weighted by molar-refractivity contribution is 7.87. The highest BCUT2D eigenvalue weighted by Gasteiger charge is 2.31. The Morgan fingerprint density at radius 2 is 1.77 bits per heavy atom. The van der Waals surface area contributed by atoms with E-state index in [9.17, 15) is 18.3 Å². The third-order valence-corrected chi connectivity index (χ3v) is 10.3. The number of ether oxygens (including phenoxy) is 1. The normalized spacial score (nSPS) is 16.5. The van der Waals surface area contributed by atoms with Gasteiger partial charge in [0.2, 0.25) is 0 Å². The van der Waals surface area contributed by atoms with E-state index < -0.39 is 22.3 Å². The Balaban J connectivity index is 1.72. The molecule has 0 spiro atoms. The molecule has 0 radical (unpaired) electrons. The standard InChI is InChI=1S/C33H45N5O5S/c1-35(2)16-17-37(5)33(40)25-18-24-19-26(43-6)13-15-27(24)31-30(22-10-8-7-9-11-22)28-14-12-23(20-29(28)38(31)21-25)32(39)34-44(41,42)36(3)4/h12-15,18-20,22,33,40H,7-11,16-17,21H2,1-6H3,(H,34,39). The quantitative estimate of drug-likeness (QED) is 0.328.